The van der Waals surface area contributed by atoms with Crippen molar-refractivity contribution in [2.24, 2.45) is 16.8 Å². The molecule has 3 rings (SSSR count). The minimum atomic E-state index is -0.0452. The molecule has 4 nitrogen and oxygen atoms in total. The highest BCUT2D eigenvalue weighted by Gasteiger charge is 2.30. The Kier molecular flexibility index (Phi) is 6.26. The van der Waals surface area contributed by atoms with Gasteiger partial charge in [-0.2, -0.15) is 0 Å². The Balaban J connectivity index is 1.54. The van der Waals surface area contributed by atoms with Crippen LogP contribution < -0.4 is 4.74 Å². The van der Waals surface area contributed by atoms with Gasteiger partial charge in [0.2, 0.25) is 0 Å². The Labute approximate surface area is 155 Å². The molecule has 2 aliphatic rings. The minimum absolute atomic E-state index is 0.0452. The molecule has 0 fully saturated rings. The van der Waals surface area contributed by atoms with Crippen molar-refractivity contribution in [2.45, 2.75) is 39.2 Å². The third-order valence-corrected chi connectivity index (χ3v) is 4.88. The van der Waals surface area contributed by atoms with Crippen molar-refractivity contribution < 1.29 is 14.3 Å². The number of unbranched alkanes of at least 4 members (excludes halogenated alkanes) is 2. The molecule has 1 aromatic rings. The Hall–Kier alpha value is -2.36. The first kappa shape index (κ1) is 18.4. The smallest absolute Gasteiger partial charge is 0.191 e. The van der Waals surface area contributed by atoms with Gasteiger partial charge in [0.1, 0.15) is 18.1 Å². The average molecular weight is 353 g/mol. The van der Waals surface area contributed by atoms with Crippen LogP contribution in [0.4, 0.5) is 0 Å². The Morgan fingerprint density at radius 1 is 1.27 bits per heavy atom. The fourth-order valence-electron chi connectivity index (χ4n) is 3.31. The van der Waals surface area contributed by atoms with Crippen molar-refractivity contribution in [3.05, 3.63) is 53.6 Å². The molecule has 0 aromatic heterocycles. The van der Waals surface area contributed by atoms with Crippen LogP contribution in [0.1, 0.15) is 44.8 Å². The zero-order chi connectivity index (χ0) is 18.4. The van der Waals surface area contributed by atoms with Crippen LogP contribution in [0, 0.1) is 11.8 Å². The molecule has 4 heteroatoms. The fraction of sp³-hybridized carbons (Fsp3) is 0.455. The van der Waals surface area contributed by atoms with Crippen LogP contribution >= 0.6 is 0 Å². The zero-order valence-corrected chi connectivity index (χ0v) is 15.6. The number of hydrogen-bond acceptors (Lipinski definition) is 4. The number of hydrogen-bond donors (Lipinski definition) is 0. The number of carbonyl (C=O) groups excluding carboxylic acids is 1. The Bertz CT molecular complexity index is 703. The second-order valence-electron chi connectivity index (χ2n) is 6.94. The quantitative estimate of drug-likeness (QED) is 0.504. The van der Waals surface area contributed by atoms with Gasteiger partial charge in [-0.1, -0.05) is 57.0 Å². The summed E-state index contributed by atoms with van der Waals surface area (Å²) in [6, 6.07) is 8.13. The molecular weight excluding hydrogens is 326 g/mol. The topological polar surface area (TPSA) is 47.9 Å². The summed E-state index contributed by atoms with van der Waals surface area (Å²) in [5.41, 5.74) is 1.83. The molecule has 1 aromatic carbocycles. The van der Waals surface area contributed by atoms with E-state index in [0.717, 1.165) is 42.1 Å². The highest BCUT2D eigenvalue weighted by molar-refractivity contribution is 5.85. The number of benzene rings is 1. The summed E-state index contributed by atoms with van der Waals surface area (Å²) in [6.07, 6.45) is 10.2. The first-order chi connectivity index (χ1) is 12.7. The Morgan fingerprint density at radius 3 is 2.77 bits per heavy atom. The molecule has 0 saturated carbocycles. The summed E-state index contributed by atoms with van der Waals surface area (Å²) in [5, 5.41) is 0. The summed E-state index contributed by atoms with van der Waals surface area (Å²) in [7, 11) is 0. The van der Waals surface area contributed by atoms with E-state index in [1.807, 2.05) is 30.4 Å². The number of aliphatic imine (C=N–C) groups is 1. The van der Waals surface area contributed by atoms with Crippen LogP contribution in [0.3, 0.4) is 0 Å². The van der Waals surface area contributed by atoms with Crippen LogP contribution in [0.5, 0.6) is 5.75 Å². The van der Waals surface area contributed by atoms with Crippen LogP contribution in [0.25, 0.3) is 0 Å². The zero-order valence-electron chi connectivity index (χ0n) is 15.6. The van der Waals surface area contributed by atoms with Gasteiger partial charge in [-0.25, -0.2) is 0 Å². The van der Waals surface area contributed by atoms with Gasteiger partial charge in [0.25, 0.3) is 0 Å². The second-order valence-corrected chi connectivity index (χ2v) is 6.94. The number of carbonyl (C=O) groups is 1. The maximum absolute atomic E-state index is 10.9. The molecule has 0 saturated heterocycles. The summed E-state index contributed by atoms with van der Waals surface area (Å²) >= 11 is 0. The first-order valence-corrected chi connectivity index (χ1v) is 9.50. The van der Waals surface area contributed by atoms with Crippen molar-refractivity contribution in [1.82, 2.24) is 0 Å². The van der Waals surface area contributed by atoms with E-state index < -0.39 is 0 Å². The second kappa shape index (κ2) is 8.84. The van der Waals surface area contributed by atoms with E-state index in [-0.39, 0.29) is 17.9 Å². The van der Waals surface area contributed by atoms with E-state index in [9.17, 15) is 4.79 Å². The number of allylic oxidation sites excluding steroid dienone is 3. The van der Waals surface area contributed by atoms with Crippen molar-refractivity contribution in [1.29, 1.82) is 0 Å². The Morgan fingerprint density at radius 2 is 2.08 bits per heavy atom. The third kappa shape index (κ3) is 4.43. The largest absolute Gasteiger partial charge is 0.494 e. The van der Waals surface area contributed by atoms with Crippen LogP contribution in [0.15, 0.2) is 53.1 Å². The van der Waals surface area contributed by atoms with Gasteiger partial charge >= 0.3 is 0 Å². The highest BCUT2D eigenvalue weighted by Crippen LogP contribution is 2.31. The molecular formula is C22H27NO3. The van der Waals surface area contributed by atoms with E-state index >= 15 is 0 Å². The fourth-order valence-corrected chi connectivity index (χ4v) is 3.31. The number of nitrogens with zero attached hydrogens (tertiary/aromatic N) is 1. The first-order valence-electron chi connectivity index (χ1n) is 9.50. The van der Waals surface area contributed by atoms with Crippen molar-refractivity contribution >= 4 is 12.2 Å². The molecule has 138 valence electrons. The van der Waals surface area contributed by atoms with Gasteiger partial charge in [-0.15, -0.1) is 0 Å². The molecule has 0 spiro atoms. The van der Waals surface area contributed by atoms with E-state index in [0.29, 0.717) is 6.54 Å². The third-order valence-electron chi connectivity index (χ3n) is 4.88. The predicted octanol–water partition coefficient (Wildman–Crippen LogP) is 4.67. The maximum atomic E-state index is 10.9. The van der Waals surface area contributed by atoms with Crippen molar-refractivity contribution in [2.75, 3.05) is 13.2 Å². The summed E-state index contributed by atoms with van der Waals surface area (Å²) in [5.74, 6) is 1.97. The van der Waals surface area contributed by atoms with Crippen molar-refractivity contribution in [3.63, 3.8) is 0 Å². The normalized spacial score (nSPS) is 24.6. The summed E-state index contributed by atoms with van der Waals surface area (Å²) < 4.78 is 11.9. The lowest BCUT2D eigenvalue weighted by Crippen LogP contribution is -2.22. The standard InChI is InChI=1S/C22H27NO3/c1-3-4-5-12-25-19-9-7-18(8-10-19)21-14-23-22(26-21)20-11-6-17(15-24)13-16(20)2/h6-11,13,15-16,20-21H,3-5,12,14H2,1-2H3. The molecule has 3 atom stereocenters. The van der Waals surface area contributed by atoms with Gasteiger partial charge in [0.15, 0.2) is 5.90 Å². The lowest BCUT2D eigenvalue weighted by atomic mass is 9.87. The van der Waals surface area contributed by atoms with Gasteiger partial charge in [-0.3, -0.25) is 9.79 Å². The SMILES string of the molecule is CCCCCOc1ccc(C2CN=C(C3C=CC(C=O)=CC3C)O2)cc1. The van der Waals surface area contributed by atoms with Gasteiger partial charge in [0, 0.05) is 5.57 Å². The molecule has 1 aliphatic heterocycles. The molecule has 26 heavy (non-hydrogen) atoms. The van der Waals surface area contributed by atoms with Crippen LogP contribution in [0.2, 0.25) is 0 Å². The highest BCUT2D eigenvalue weighted by atomic mass is 16.5. The molecule has 0 N–H and O–H groups in total. The van der Waals surface area contributed by atoms with Crippen LogP contribution in [-0.4, -0.2) is 25.3 Å². The maximum Gasteiger partial charge on any atom is 0.191 e. The lowest BCUT2D eigenvalue weighted by molar-refractivity contribution is -0.104. The lowest BCUT2D eigenvalue weighted by Gasteiger charge is -2.22. The molecule has 3 unspecified atom stereocenters. The average Bonchev–Trinajstić information content (AvgIpc) is 3.15. The molecule has 0 amide bonds. The number of rotatable bonds is 8. The van der Waals surface area contributed by atoms with E-state index in [2.05, 4.69) is 31.0 Å². The van der Waals surface area contributed by atoms with Gasteiger partial charge < -0.3 is 9.47 Å². The van der Waals surface area contributed by atoms with Crippen LogP contribution in [-0.2, 0) is 9.53 Å². The molecule has 0 bridgehead atoms. The predicted molar refractivity (Wildman–Crippen MR) is 104 cm³/mol. The van der Waals surface area contributed by atoms with E-state index in [4.69, 9.17) is 9.47 Å². The van der Waals surface area contributed by atoms with Gasteiger partial charge in [0.05, 0.1) is 19.1 Å². The van der Waals surface area contributed by atoms with E-state index in [1.54, 1.807) is 0 Å². The van der Waals surface area contributed by atoms with Crippen molar-refractivity contribution in [3.8, 4) is 5.75 Å². The molecule has 1 aliphatic carbocycles. The number of ether oxygens (including phenoxy) is 2. The monoisotopic (exact) mass is 353 g/mol. The summed E-state index contributed by atoms with van der Waals surface area (Å²) in [6.45, 7) is 5.67. The summed E-state index contributed by atoms with van der Waals surface area (Å²) in [4.78, 5) is 15.5. The molecule has 1 heterocycles. The van der Waals surface area contributed by atoms with Gasteiger partial charge in [-0.05, 0) is 30.0 Å². The number of aldehydes is 1. The minimum Gasteiger partial charge on any atom is -0.494 e. The molecule has 0 radical (unpaired) electrons. The van der Waals surface area contributed by atoms with E-state index in [1.165, 1.54) is 12.8 Å².